The minimum atomic E-state index is 0.475. The Hall–Kier alpha value is -0.310. The highest BCUT2D eigenvalue weighted by atomic mass is 32.1. The van der Waals surface area contributed by atoms with Crippen LogP contribution in [0.2, 0.25) is 0 Å². The summed E-state index contributed by atoms with van der Waals surface area (Å²) in [5.74, 6) is 1.83. The first-order chi connectivity index (χ1) is 5.25. The zero-order valence-electron chi connectivity index (χ0n) is 6.55. The molecular weight excluding hydrogens is 156 g/mol. The molecule has 2 aliphatic carbocycles. The maximum atomic E-state index is 5.42. The van der Waals surface area contributed by atoms with Crippen molar-refractivity contribution in [1.29, 1.82) is 0 Å². The quantitative estimate of drug-likeness (QED) is 0.577. The lowest BCUT2D eigenvalue weighted by Crippen LogP contribution is -2.41. The van der Waals surface area contributed by atoms with Gasteiger partial charge in [0.05, 0.1) is 0 Å². The van der Waals surface area contributed by atoms with Gasteiger partial charge in [-0.25, -0.2) is 0 Å². The Morgan fingerprint density at radius 2 is 2.18 bits per heavy atom. The van der Waals surface area contributed by atoms with Crippen molar-refractivity contribution in [3.63, 3.8) is 0 Å². The SMILES string of the molecule is NC(=S)N[C@H]1C[C@H]2CC[C@H]1C2. The van der Waals surface area contributed by atoms with E-state index in [-0.39, 0.29) is 0 Å². The third-order valence-corrected chi connectivity index (χ3v) is 3.18. The fourth-order valence-corrected chi connectivity index (χ4v) is 2.76. The summed E-state index contributed by atoms with van der Waals surface area (Å²) >= 11 is 4.81. The van der Waals surface area contributed by atoms with E-state index in [0.717, 1.165) is 11.8 Å². The topological polar surface area (TPSA) is 38.0 Å². The molecule has 0 heterocycles. The minimum absolute atomic E-state index is 0.475. The molecule has 2 nitrogen and oxygen atoms in total. The zero-order valence-corrected chi connectivity index (χ0v) is 7.36. The maximum Gasteiger partial charge on any atom is 0.163 e. The summed E-state index contributed by atoms with van der Waals surface area (Å²) in [6, 6.07) is 0.603. The molecule has 11 heavy (non-hydrogen) atoms. The average Bonchev–Trinajstić information content (AvgIpc) is 2.45. The molecular formula is C8H14N2S. The number of hydrogen-bond acceptors (Lipinski definition) is 1. The predicted octanol–water partition coefficient (Wildman–Crippen LogP) is 1.01. The van der Waals surface area contributed by atoms with E-state index < -0.39 is 0 Å². The van der Waals surface area contributed by atoms with Gasteiger partial charge in [-0.15, -0.1) is 0 Å². The van der Waals surface area contributed by atoms with Crippen LogP contribution in [0, 0.1) is 11.8 Å². The fraction of sp³-hybridized carbons (Fsp3) is 0.875. The Balaban J connectivity index is 1.92. The van der Waals surface area contributed by atoms with Gasteiger partial charge in [-0.2, -0.15) is 0 Å². The van der Waals surface area contributed by atoms with Crippen LogP contribution >= 0.6 is 12.2 Å². The number of nitrogens with two attached hydrogens (primary N) is 1. The molecule has 0 aromatic rings. The average molecular weight is 170 g/mol. The molecule has 0 aromatic carbocycles. The van der Waals surface area contributed by atoms with Crippen LogP contribution in [0.5, 0.6) is 0 Å². The minimum Gasteiger partial charge on any atom is -0.376 e. The van der Waals surface area contributed by atoms with Crippen molar-refractivity contribution >= 4 is 17.3 Å². The van der Waals surface area contributed by atoms with E-state index >= 15 is 0 Å². The molecule has 0 aromatic heterocycles. The molecule has 0 amide bonds. The van der Waals surface area contributed by atoms with Crippen molar-refractivity contribution in [3.8, 4) is 0 Å². The van der Waals surface area contributed by atoms with E-state index in [1.54, 1.807) is 0 Å². The number of nitrogens with one attached hydrogen (secondary N) is 1. The van der Waals surface area contributed by atoms with Crippen molar-refractivity contribution in [2.45, 2.75) is 31.7 Å². The Labute approximate surface area is 72.5 Å². The van der Waals surface area contributed by atoms with Crippen LogP contribution < -0.4 is 11.1 Å². The van der Waals surface area contributed by atoms with Crippen LogP contribution in [0.15, 0.2) is 0 Å². The largest absolute Gasteiger partial charge is 0.376 e. The predicted molar refractivity (Wildman–Crippen MR) is 49.2 cm³/mol. The number of rotatable bonds is 1. The zero-order chi connectivity index (χ0) is 7.84. The van der Waals surface area contributed by atoms with Gasteiger partial charge in [-0.1, -0.05) is 6.42 Å². The van der Waals surface area contributed by atoms with Gasteiger partial charge >= 0.3 is 0 Å². The first-order valence-corrected chi connectivity index (χ1v) is 4.72. The molecule has 3 atom stereocenters. The van der Waals surface area contributed by atoms with Gasteiger partial charge in [-0.3, -0.25) is 0 Å². The van der Waals surface area contributed by atoms with E-state index in [9.17, 15) is 0 Å². The highest BCUT2D eigenvalue weighted by Crippen LogP contribution is 2.44. The fourth-order valence-electron chi connectivity index (χ4n) is 2.60. The van der Waals surface area contributed by atoms with Crippen molar-refractivity contribution in [1.82, 2.24) is 5.32 Å². The molecule has 3 heteroatoms. The van der Waals surface area contributed by atoms with Crippen molar-refractivity contribution in [2.75, 3.05) is 0 Å². The molecule has 0 aliphatic heterocycles. The summed E-state index contributed by atoms with van der Waals surface area (Å²) in [5, 5.41) is 3.66. The summed E-state index contributed by atoms with van der Waals surface area (Å²) in [6.07, 6.45) is 5.51. The molecule has 0 unspecified atom stereocenters. The van der Waals surface area contributed by atoms with E-state index in [0.29, 0.717) is 11.2 Å². The molecule has 2 bridgehead atoms. The molecule has 0 spiro atoms. The Kier molecular flexibility index (Phi) is 1.75. The number of fused-ring (bicyclic) bond motifs is 2. The van der Waals surface area contributed by atoms with Crippen LogP contribution in [0.25, 0.3) is 0 Å². The van der Waals surface area contributed by atoms with Crippen molar-refractivity contribution in [3.05, 3.63) is 0 Å². The maximum absolute atomic E-state index is 5.42. The molecule has 0 radical (unpaired) electrons. The van der Waals surface area contributed by atoms with E-state index in [1.807, 2.05) is 0 Å². The molecule has 2 fully saturated rings. The third kappa shape index (κ3) is 1.34. The van der Waals surface area contributed by atoms with Gasteiger partial charge in [0.15, 0.2) is 5.11 Å². The first-order valence-electron chi connectivity index (χ1n) is 4.31. The summed E-state index contributed by atoms with van der Waals surface area (Å²) in [7, 11) is 0. The van der Waals surface area contributed by atoms with Gasteiger partial charge in [0, 0.05) is 6.04 Å². The Bertz CT molecular complexity index is 181. The van der Waals surface area contributed by atoms with E-state index in [1.165, 1.54) is 25.7 Å². The van der Waals surface area contributed by atoms with E-state index in [4.69, 9.17) is 18.0 Å². The monoisotopic (exact) mass is 170 g/mol. The van der Waals surface area contributed by atoms with Gasteiger partial charge < -0.3 is 11.1 Å². The molecule has 0 saturated heterocycles. The van der Waals surface area contributed by atoms with Crippen LogP contribution in [0.3, 0.4) is 0 Å². The normalized spacial score (nSPS) is 40.9. The second-order valence-corrected chi connectivity index (χ2v) is 4.23. The lowest BCUT2D eigenvalue weighted by molar-refractivity contribution is 0.391. The van der Waals surface area contributed by atoms with Gasteiger partial charge in [0.2, 0.25) is 0 Å². The van der Waals surface area contributed by atoms with E-state index in [2.05, 4.69) is 5.32 Å². The molecule has 62 valence electrons. The lowest BCUT2D eigenvalue weighted by atomic mass is 9.96. The van der Waals surface area contributed by atoms with Crippen LogP contribution in [0.1, 0.15) is 25.7 Å². The number of thiocarbonyl (C=S) groups is 1. The summed E-state index contributed by atoms with van der Waals surface area (Å²) in [4.78, 5) is 0. The molecule has 2 saturated carbocycles. The summed E-state index contributed by atoms with van der Waals surface area (Å²) in [6.45, 7) is 0. The second-order valence-electron chi connectivity index (χ2n) is 3.79. The van der Waals surface area contributed by atoms with Gasteiger partial charge in [0.1, 0.15) is 0 Å². The van der Waals surface area contributed by atoms with Crippen LogP contribution in [0.4, 0.5) is 0 Å². The Morgan fingerprint density at radius 3 is 2.64 bits per heavy atom. The third-order valence-electron chi connectivity index (χ3n) is 3.07. The summed E-state index contributed by atoms with van der Waals surface area (Å²) in [5.41, 5.74) is 5.42. The highest BCUT2D eigenvalue weighted by molar-refractivity contribution is 7.80. The lowest BCUT2D eigenvalue weighted by Gasteiger charge is -2.22. The smallest absolute Gasteiger partial charge is 0.163 e. The van der Waals surface area contributed by atoms with Gasteiger partial charge in [0.25, 0.3) is 0 Å². The van der Waals surface area contributed by atoms with Crippen LogP contribution in [-0.4, -0.2) is 11.2 Å². The highest BCUT2D eigenvalue weighted by Gasteiger charge is 2.39. The van der Waals surface area contributed by atoms with Crippen molar-refractivity contribution < 1.29 is 0 Å². The second kappa shape index (κ2) is 2.63. The van der Waals surface area contributed by atoms with Crippen LogP contribution in [-0.2, 0) is 0 Å². The Morgan fingerprint density at radius 1 is 1.36 bits per heavy atom. The first kappa shape index (κ1) is 7.35. The van der Waals surface area contributed by atoms with Gasteiger partial charge in [-0.05, 0) is 43.3 Å². The number of hydrogen-bond donors (Lipinski definition) is 2. The van der Waals surface area contributed by atoms with Crippen molar-refractivity contribution in [2.24, 2.45) is 17.6 Å². The molecule has 3 N–H and O–H groups in total. The molecule has 2 aliphatic rings. The standard InChI is InChI=1S/C8H14N2S/c9-8(11)10-7-4-5-1-2-6(7)3-5/h5-7H,1-4H2,(H3,9,10,11)/t5-,6-,7-/m0/s1. The molecule has 2 rings (SSSR count). The summed E-state index contributed by atoms with van der Waals surface area (Å²) < 4.78 is 0.